The van der Waals surface area contributed by atoms with E-state index in [4.69, 9.17) is 4.42 Å². The summed E-state index contributed by atoms with van der Waals surface area (Å²) in [6.45, 7) is 1.80. The van der Waals surface area contributed by atoms with Crippen LogP contribution in [0, 0.1) is 0 Å². The highest BCUT2D eigenvalue weighted by Gasteiger charge is 2.24. The SMILES string of the molecule is CC(O)(CSc1nc2ccccc2o1)c1ccccc1. The zero-order chi connectivity index (χ0) is 14.0. The first-order valence-corrected chi connectivity index (χ1v) is 7.40. The van der Waals surface area contributed by atoms with Gasteiger partial charge in [0.1, 0.15) is 5.52 Å². The van der Waals surface area contributed by atoms with Gasteiger partial charge in [-0.3, -0.25) is 0 Å². The van der Waals surface area contributed by atoms with Crippen LogP contribution in [0.25, 0.3) is 11.1 Å². The summed E-state index contributed by atoms with van der Waals surface area (Å²) in [6, 6.07) is 17.3. The van der Waals surface area contributed by atoms with Crippen molar-refractivity contribution in [2.45, 2.75) is 17.7 Å². The van der Waals surface area contributed by atoms with Crippen molar-refractivity contribution >= 4 is 22.9 Å². The smallest absolute Gasteiger partial charge is 0.256 e. The van der Waals surface area contributed by atoms with E-state index in [1.807, 2.05) is 54.6 Å². The van der Waals surface area contributed by atoms with Crippen LogP contribution in [0.4, 0.5) is 0 Å². The van der Waals surface area contributed by atoms with E-state index >= 15 is 0 Å². The minimum absolute atomic E-state index is 0.490. The summed E-state index contributed by atoms with van der Waals surface area (Å²) >= 11 is 1.42. The summed E-state index contributed by atoms with van der Waals surface area (Å²) in [6.07, 6.45) is 0. The van der Waals surface area contributed by atoms with Crippen molar-refractivity contribution in [3.8, 4) is 0 Å². The van der Waals surface area contributed by atoms with Crippen LogP contribution in [0.5, 0.6) is 0 Å². The standard InChI is InChI=1S/C16H15NO2S/c1-16(18,12-7-3-2-4-8-12)11-20-15-17-13-9-5-6-10-14(13)19-15/h2-10,18H,11H2,1H3. The number of aliphatic hydroxyl groups is 1. The van der Waals surface area contributed by atoms with Crippen molar-refractivity contribution in [1.82, 2.24) is 4.98 Å². The number of hydrogen-bond donors (Lipinski definition) is 1. The van der Waals surface area contributed by atoms with Gasteiger partial charge < -0.3 is 9.52 Å². The van der Waals surface area contributed by atoms with Crippen molar-refractivity contribution < 1.29 is 9.52 Å². The number of rotatable bonds is 4. The zero-order valence-corrected chi connectivity index (χ0v) is 11.9. The largest absolute Gasteiger partial charge is 0.431 e. The second-order valence-corrected chi connectivity index (χ2v) is 5.80. The lowest BCUT2D eigenvalue weighted by molar-refractivity contribution is 0.0837. The lowest BCUT2D eigenvalue weighted by atomic mass is 9.99. The molecule has 0 aliphatic rings. The van der Waals surface area contributed by atoms with Gasteiger partial charge in [-0.1, -0.05) is 54.2 Å². The Bertz CT molecular complexity index is 674. The van der Waals surface area contributed by atoms with Crippen molar-refractivity contribution in [2.24, 2.45) is 0 Å². The van der Waals surface area contributed by atoms with Gasteiger partial charge in [0.05, 0.1) is 5.60 Å². The Kier molecular flexibility index (Phi) is 3.51. The molecule has 2 aromatic carbocycles. The monoisotopic (exact) mass is 285 g/mol. The van der Waals surface area contributed by atoms with E-state index in [9.17, 15) is 5.11 Å². The third-order valence-corrected chi connectivity index (χ3v) is 4.27. The first kappa shape index (κ1) is 13.2. The number of nitrogens with zero attached hydrogens (tertiary/aromatic N) is 1. The third kappa shape index (κ3) is 2.71. The number of aromatic nitrogens is 1. The highest BCUT2D eigenvalue weighted by Crippen LogP contribution is 2.30. The van der Waals surface area contributed by atoms with E-state index in [0.717, 1.165) is 16.7 Å². The maximum Gasteiger partial charge on any atom is 0.256 e. The fraction of sp³-hybridized carbons (Fsp3) is 0.188. The van der Waals surface area contributed by atoms with Crippen LogP contribution >= 0.6 is 11.8 Å². The lowest BCUT2D eigenvalue weighted by Gasteiger charge is -2.22. The highest BCUT2D eigenvalue weighted by atomic mass is 32.2. The molecule has 3 aromatic rings. The number of para-hydroxylation sites is 2. The molecule has 0 fully saturated rings. The summed E-state index contributed by atoms with van der Waals surface area (Å²) in [5.74, 6) is 0.490. The van der Waals surface area contributed by atoms with Gasteiger partial charge in [0.25, 0.3) is 5.22 Å². The molecule has 1 unspecified atom stereocenters. The molecule has 1 atom stereocenters. The molecule has 20 heavy (non-hydrogen) atoms. The molecule has 0 bridgehead atoms. The normalized spacial score (nSPS) is 14.3. The molecule has 4 heteroatoms. The molecule has 0 aliphatic heterocycles. The maximum atomic E-state index is 10.5. The van der Waals surface area contributed by atoms with E-state index < -0.39 is 5.60 Å². The van der Waals surface area contributed by atoms with E-state index in [1.54, 1.807) is 6.92 Å². The average molecular weight is 285 g/mol. The third-order valence-electron chi connectivity index (χ3n) is 3.15. The van der Waals surface area contributed by atoms with E-state index in [2.05, 4.69) is 4.98 Å². The van der Waals surface area contributed by atoms with Crippen molar-refractivity contribution in [1.29, 1.82) is 0 Å². The number of thioether (sulfide) groups is 1. The quantitative estimate of drug-likeness (QED) is 0.740. The van der Waals surface area contributed by atoms with Gasteiger partial charge in [-0.25, -0.2) is 4.98 Å². The van der Waals surface area contributed by atoms with Gasteiger partial charge in [0.15, 0.2) is 5.58 Å². The molecular formula is C16H15NO2S. The fourth-order valence-corrected chi connectivity index (χ4v) is 2.88. The Morgan fingerprint density at radius 2 is 1.80 bits per heavy atom. The molecule has 3 nitrogen and oxygen atoms in total. The number of oxazole rings is 1. The molecule has 1 heterocycles. The van der Waals surface area contributed by atoms with Crippen molar-refractivity contribution in [3.63, 3.8) is 0 Å². The molecule has 0 saturated heterocycles. The van der Waals surface area contributed by atoms with Crippen LogP contribution in [0.1, 0.15) is 12.5 Å². The Balaban J connectivity index is 1.75. The van der Waals surface area contributed by atoms with E-state index in [0.29, 0.717) is 11.0 Å². The summed E-state index contributed by atoms with van der Waals surface area (Å²) < 4.78 is 5.64. The Morgan fingerprint density at radius 1 is 1.10 bits per heavy atom. The number of benzene rings is 2. The second kappa shape index (κ2) is 5.31. The molecule has 0 saturated carbocycles. The van der Waals surface area contributed by atoms with Gasteiger partial charge in [-0.2, -0.15) is 0 Å². The fourth-order valence-electron chi connectivity index (χ4n) is 2.00. The van der Waals surface area contributed by atoms with Crippen LogP contribution < -0.4 is 0 Å². The molecule has 1 N–H and O–H groups in total. The van der Waals surface area contributed by atoms with Gasteiger partial charge in [-0.15, -0.1) is 0 Å². The Morgan fingerprint density at radius 3 is 2.55 bits per heavy atom. The molecule has 0 amide bonds. The summed E-state index contributed by atoms with van der Waals surface area (Å²) in [4.78, 5) is 4.39. The maximum absolute atomic E-state index is 10.5. The Hall–Kier alpha value is -1.78. The zero-order valence-electron chi connectivity index (χ0n) is 11.1. The molecule has 1 aromatic heterocycles. The number of fused-ring (bicyclic) bond motifs is 1. The number of hydrogen-bond acceptors (Lipinski definition) is 4. The Labute approximate surface area is 121 Å². The first-order chi connectivity index (χ1) is 9.65. The minimum atomic E-state index is -0.910. The molecule has 0 aliphatic carbocycles. The average Bonchev–Trinajstić information content (AvgIpc) is 2.89. The van der Waals surface area contributed by atoms with Crippen LogP contribution in [-0.4, -0.2) is 15.8 Å². The van der Waals surface area contributed by atoms with Crippen LogP contribution in [0.2, 0.25) is 0 Å². The van der Waals surface area contributed by atoms with Gasteiger partial charge >= 0.3 is 0 Å². The van der Waals surface area contributed by atoms with Gasteiger partial charge in [0, 0.05) is 5.75 Å². The molecule has 0 spiro atoms. The topological polar surface area (TPSA) is 46.3 Å². The summed E-state index contributed by atoms with van der Waals surface area (Å²) in [5, 5.41) is 11.1. The predicted molar refractivity (Wildman–Crippen MR) is 80.7 cm³/mol. The summed E-state index contributed by atoms with van der Waals surface area (Å²) in [5.41, 5.74) is 1.60. The van der Waals surface area contributed by atoms with Crippen LogP contribution in [-0.2, 0) is 5.60 Å². The molecular weight excluding hydrogens is 270 g/mol. The van der Waals surface area contributed by atoms with Gasteiger partial charge in [-0.05, 0) is 24.6 Å². The minimum Gasteiger partial charge on any atom is -0.431 e. The van der Waals surface area contributed by atoms with E-state index in [1.165, 1.54) is 11.8 Å². The van der Waals surface area contributed by atoms with Crippen molar-refractivity contribution in [2.75, 3.05) is 5.75 Å². The molecule has 3 rings (SSSR count). The van der Waals surface area contributed by atoms with E-state index in [-0.39, 0.29) is 0 Å². The highest BCUT2D eigenvalue weighted by molar-refractivity contribution is 7.99. The summed E-state index contributed by atoms with van der Waals surface area (Å²) in [7, 11) is 0. The van der Waals surface area contributed by atoms with Crippen molar-refractivity contribution in [3.05, 3.63) is 60.2 Å². The lowest BCUT2D eigenvalue weighted by Crippen LogP contribution is -2.24. The molecule has 102 valence electrons. The van der Waals surface area contributed by atoms with Crippen LogP contribution in [0.3, 0.4) is 0 Å². The predicted octanol–water partition coefficient (Wildman–Crippen LogP) is 3.83. The first-order valence-electron chi connectivity index (χ1n) is 6.41. The van der Waals surface area contributed by atoms with Crippen LogP contribution in [0.15, 0.2) is 64.2 Å². The molecule has 0 radical (unpaired) electrons. The van der Waals surface area contributed by atoms with Gasteiger partial charge in [0.2, 0.25) is 0 Å². The second-order valence-electron chi connectivity index (χ2n) is 4.88.